The van der Waals surface area contributed by atoms with Gasteiger partial charge in [0.25, 0.3) is 11.8 Å². The number of carbonyl (C=O) groups is 2. The Kier molecular flexibility index (Phi) is 7.00. The number of ether oxygens (including phenoxy) is 1. The molecule has 0 heterocycles. The normalized spacial score (nSPS) is 10.1. The summed E-state index contributed by atoms with van der Waals surface area (Å²) in [6.45, 7) is 0. The topological polar surface area (TPSA) is 79.5 Å². The largest absolute Gasteiger partial charge is 0.497 e. The Balaban J connectivity index is 1.56. The van der Waals surface area contributed by atoms with E-state index in [1.165, 1.54) is 7.11 Å². The van der Waals surface area contributed by atoms with Crippen molar-refractivity contribution in [2.24, 2.45) is 0 Å². The van der Waals surface area contributed by atoms with Gasteiger partial charge in [0.05, 0.1) is 7.11 Å². The Morgan fingerprint density at radius 3 is 2.07 bits per heavy atom. The number of carbonyl (C=O) groups excluding carboxylic acids is 2. The lowest BCUT2D eigenvalue weighted by Crippen LogP contribution is -2.34. The molecule has 0 bridgehead atoms. The summed E-state index contributed by atoms with van der Waals surface area (Å²) in [5.74, 6) is -0.0342. The molecule has 3 rings (SSSR count). The lowest BCUT2D eigenvalue weighted by atomic mass is 10.2. The average Bonchev–Trinajstić information content (AvgIpc) is 2.75. The van der Waals surface area contributed by atoms with Gasteiger partial charge in [-0.1, -0.05) is 23.7 Å². The van der Waals surface area contributed by atoms with Crippen LogP contribution in [0, 0.1) is 0 Å². The van der Waals surface area contributed by atoms with Crippen LogP contribution in [0.1, 0.15) is 20.7 Å². The molecular formula is C22H18ClN3O3S. The Hall–Kier alpha value is -3.42. The quantitative estimate of drug-likeness (QED) is 0.501. The summed E-state index contributed by atoms with van der Waals surface area (Å²) in [4.78, 5) is 24.6. The number of thiocarbonyl (C=S) groups is 1. The van der Waals surface area contributed by atoms with E-state index in [-0.39, 0.29) is 16.9 Å². The van der Waals surface area contributed by atoms with Crippen molar-refractivity contribution >= 4 is 52.1 Å². The second-order valence-electron chi connectivity index (χ2n) is 6.18. The fourth-order valence-electron chi connectivity index (χ4n) is 2.57. The first-order chi connectivity index (χ1) is 14.4. The van der Waals surface area contributed by atoms with Crippen molar-refractivity contribution in [2.45, 2.75) is 0 Å². The van der Waals surface area contributed by atoms with Crippen molar-refractivity contribution in [3.8, 4) is 5.75 Å². The van der Waals surface area contributed by atoms with E-state index in [0.717, 1.165) is 0 Å². The molecule has 0 aliphatic heterocycles. The predicted molar refractivity (Wildman–Crippen MR) is 123 cm³/mol. The van der Waals surface area contributed by atoms with Crippen LogP contribution in [0.15, 0.2) is 72.8 Å². The number of rotatable bonds is 5. The summed E-state index contributed by atoms with van der Waals surface area (Å²) in [6, 6.07) is 20.4. The third kappa shape index (κ3) is 5.79. The molecule has 0 saturated heterocycles. The number of anilines is 2. The van der Waals surface area contributed by atoms with Crippen molar-refractivity contribution in [3.05, 3.63) is 88.9 Å². The van der Waals surface area contributed by atoms with E-state index in [9.17, 15) is 9.59 Å². The summed E-state index contributed by atoms with van der Waals surface area (Å²) in [5.41, 5.74) is 2.16. The Morgan fingerprint density at radius 2 is 1.43 bits per heavy atom. The zero-order chi connectivity index (χ0) is 21.5. The first-order valence-corrected chi connectivity index (χ1v) is 9.66. The molecule has 0 unspecified atom stereocenters. The summed E-state index contributed by atoms with van der Waals surface area (Å²) >= 11 is 11.1. The molecule has 3 aromatic carbocycles. The summed E-state index contributed by atoms with van der Waals surface area (Å²) in [7, 11) is 1.53. The number of hydrogen-bond donors (Lipinski definition) is 3. The maximum absolute atomic E-state index is 12.3. The maximum Gasteiger partial charge on any atom is 0.257 e. The standard InChI is InChI=1S/C22H18ClN3O3S/c1-29-19-7-3-5-15(13-19)21(28)26-22(30)25-18-10-8-17(9-11-18)24-20(27)14-4-2-6-16(23)12-14/h2-13H,1H3,(H,24,27)(H2,25,26,28,30). The molecule has 3 N–H and O–H groups in total. The first-order valence-electron chi connectivity index (χ1n) is 8.88. The molecule has 0 atom stereocenters. The average molecular weight is 440 g/mol. The van der Waals surface area contributed by atoms with Gasteiger partial charge in [-0.3, -0.25) is 14.9 Å². The van der Waals surface area contributed by atoms with Gasteiger partial charge in [-0.15, -0.1) is 0 Å². The molecule has 0 aliphatic rings. The summed E-state index contributed by atoms with van der Waals surface area (Å²) in [6.07, 6.45) is 0. The maximum atomic E-state index is 12.3. The van der Waals surface area contributed by atoms with Gasteiger partial charge >= 0.3 is 0 Å². The molecule has 0 aliphatic carbocycles. The van der Waals surface area contributed by atoms with Gasteiger partial charge in [0.2, 0.25) is 0 Å². The van der Waals surface area contributed by atoms with E-state index in [1.807, 2.05) is 0 Å². The van der Waals surface area contributed by atoms with Crippen LogP contribution in [0.5, 0.6) is 5.75 Å². The van der Waals surface area contributed by atoms with Crippen molar-refractivity contribution in [1.82, 2.24) is 5.32 Å². The van der Waals surface area contributed by atoms with Crippen LogP contribution >= 0.6 is 23.8 Å². The summed E-state index contributed by atoms with van der Waals surface area (Å²) < 4.78 is 5.11. The Labute approximate surface area is 184 Å². The second kappa shape index (κ2) is 9.87. The van der Waals surface area contributed by atoms with Gasteiger partial charge < -0.3 is 15.4 Å². The van der Waals surface area contributed by atoms with E-state index in [0.29, 0.717) is 33.3 Å². The van der Waals surface area contributed by atoms with Crippen LogP contribution < -0.4 is 20.7 Å². The molecule has 0 spiro atoms. The molecule has 0 fully saturated rings. The van der Waals surface area contributed by atoms with E-state index >= 15 is 0 Å². The van der Waals surface area contributed by atoms with Crippen LogP contribution in [-0.2, 0) is 0 Å². The van der Waals surface area contributed by atoms with Gasteiger partial charge in [-0.05, 0) is 72.9 Å². The van der Waals surface area contributed by atoms with Gasteiger partial charge in [-0.25, -0.2) is 0 Å². The van der Waals surface area contributed by atoms with Crippen molar-refractivity contribution < 1.29 is 14.3 Å². The van der Waals surface area contributed by atoms with E-state index in [1.54, 1.807) is 72.8 Å². The van der Waals surface area contributed by atoms with E-state index in [2.05, 4.69) is 16.0 Å². The highest BCUT2D eigenvalue weighted by molar-refractivity contribution is 7.80. The molecule has 0 saturated carbocycles. The van der Waals surface area contributed by atoms with Gasteiger partial charge in [0.15, 0.2) is 5.11 Å². The molecular weight excluding hydrogens is 422 g/mol. The highest BCUT2D eigenvalue weighted by Crippen LogP contribution is 2.17. The smallest absolute Gasteiger partial charge is 0.257 e. The highest BCUT2D eigenvalue weighted by atomic mass is 35.5. The molecule has 0 aromatic heterocycles. The molecule has 2 amide bonds. The van der Waals surface area contributed by atoms with Crippen LogP contribution in [0.4, 0.5) is 11.4 Å². The minimum Gasteiger partial charge on any atom is -0.497 e. The van der Waals surface area contributed by atoms with Gasteiger partial charge in [0, 0.05) is 27.5 Å². The highest BCUT2D eigenvalue weighted by Gasteiger charge is 2.10. The van der Waals surface area contributed by atoms with Crippen molar-refractivity contribution in [2.75, 3.05) is 17.7 Å². The molecule has 8 heteroatoms. The lowest BCUT2D eigenvalue weighted by Gasteiger charge is -2.11. The third-order valence-corrected chi connectivity index (χ3v) is 4.49. The van der Waals surface area contributed by atoms with Crippen LogP contribution in [0.25, 0.3) is 0 Å². The fourth-order valence-corrected chi connectivity index (χ4v) is 2.97. The van der Waals surface area contributed by atoms with E-state index in [4.69, 9.17) is 28.6 Å². The minimum atomic E-state index is -0.350. The van der Waals surface area contributed by atoms with Crippen LogP contribution in [0.2, 0.25) is 5.02 Å². The first kappa shape index (κ1) is 21.3. The molecule has 0 radical (unpaired) electrons. The molecule has 30 heavy (non-hydrogen) atoms. The number of methoxy groups -OCH3 is 1. The molecule has 3 aromatic rings. The van der Waals surface area contributed by atoms with Gasteiger partial charge in [-0.2, -0.15) is 0 Å². The number of halogens is 1. The van der Waals surface area contributed by atoms with E-state index < -0.39 is 0 Å². The van der Waals surface area contributed by atoms with Crippen LogP contribution in [-0.4, -0.2) is 24.0 Å². The van der Waals surface area contributed by atoms with Crippen molar-refractivity contribution in [1.29, 1.82) is 0 Å². The van der Waals surface area contributed by atoms with Crippen LogP contribution in [0.3, 0.4) is 0 Å². The number of nitrogens with one attached hydrogen (secondary N) is 3. The SMILES string of the molecule is COc1cccc(C(=O)NC(=S)Nc2ccc(NC(=O)c3cccc(Cl)c3)cc2)c1. The zero-order valence-electron chi connectivity index (χ0n) is 15.9. The number of amides is 2. The Morgan fingerprint density at radius 1 is 0.833 bits per heavy atom. The number of hydrogen-bond acceptors (Lipinski definition) is 4. The zero-order valence-corrected chi connectivity index (χ0v) is 17.5. The third-order valence-electron chi connectivity index (χ3n) is 4.05. The minimum absolute atomic E-state index is 0.151. The lowest BCUT2D eigenvalue weighted by molar-refractivity contribution is 0.0976. The summed E-state index contributed by atoms with van der Waals surface area (Å²) in [5, 5.41) is 8.98. The predicted octanol–water partition coefficient (Wildman–Crippen LogP) is 4.73. The molecule has 6 nitrogen and oxygen atoms in total. The second-order valence-corrected chi connectivity index (χ2v) is 7.03. The van der Waals surface area contributed by atoms with Gasteiger partial charge in [0.1, 0.15) is 5.75 Å². The Bertz CT molecular complexity index is 1090. The van der Waals surface area contributed by atoms with Crippen molar-refractivity contribution in [3.63, 3.8) is 0 Å². The number of benzene rings is 3. The fraction of sp³-hybridized carbons (Fsp3) is 0.0455. The monoisotopic (exact) mass is 439 g/mol. The molecule has 152 valence electrons.